The first kappa shape index (κ1) is 25.4. The minimum Gasteiger partial charge on any atom is -0.351 e. The quantitative estimate of drug-likeness (QED) is 0.449. The second-order valence-corrected chi connectivity index (χ2v) is 11.4. The van der Waals surface area contributed by atoms with Crippen molar-refractivity contribution >= 4 is 50.4 Å². The molecule has 0 aliphatic carbocycles. The summed E-state index contributed by atoms with van der Waals surface area (Å²) in [5, 5.41) is 10.1. The van der Waals surface area contributed by atoms with Gasteiger partial charge >= 0.3 is 0 Å². The molecule has 178 valence electrons. The molecule has 0 radical (unpaired) electrons. The number of sulfone groups is 1. The molecule has 0 saturated carbocycles. The van der Waals surface area contributed by atoms with Crippen LogP contribution in [-0.4, -0.2) is 61.5 Å². The monoisotopic (exact) mass is 508 g/mol. The van der Waals surface area contributed by atoms with Crippen molar-refractivity contribution in [3.05, 3.63) is 65.2 Å². The molecular formula is C23H29ClN4O3S2. The summed E-state index contributed by atoms with van der Waals surface area (Å²) < 4.78 is 23.4. The van der Waals surface area contributed by atoms with Crippen molar-refractivity contribution in [2.45, 2.75) is 31.5 Å². The van der Waals surface area contributed by atoms with Crippen LogP contribution in [-0.2, 0) is 21.2 Å². The first-order valence-corrected chi connectivity index (χ1v) is 13.6. The molecule has 2 atom stereocenters. The Labute approximate surface area is 205 Å². The van der Waals surface area contributed by atoms with Crippen LogP contribution in [0.3, 0.4) is 0 Å². The zero-order chi connectivity index (χ0) is 23.8. The largest absolute Gasteiger partial charge is 0.351 e. The topological polar surface area (TPSA) is 90.5 Å². The molecule has 1 fully saturated rings. The Hall–Kier alpha value is -2.20. The van der Waals surface area contributed by atoms with Gasteiger partial charge in [-0.15, -0.1) is 0 Å². The number of benzene rings is 2. The maximum Gasteiger partial charge on any atom is 0.242 e. The Bertz CT molecular complexity index is 1050. The second kappa shape index (κ2) is 11.8. The first-order chi connectivity index (χ1) is 15.7. The lowest BCUT2D eigenvalue weighted by molar-refractivity contribution is -0.123. The maximum atomic E-state index is 13.0. The molecule has 1 heterocycles. The SMILES string of the molecule is CS(=O)(=O)CC[C@H](NC(=S)Nc1ccccc1)C(=O)N[C@@H]1CCN(Cc2ccc(Cl)cc2)C1. The Morgan fingerprint density at radius 3 is 2.55 bits per heavy atom. The fourth-order valence-electron chi connectivity index (χ4n) is 3.69. The van der Waals surface area contributed by atoms with Crippen LogP contribution in [0.1, 0.15) is 18.4 Å². The van der Waals surface area contributed by atoms with Crippen molar-refractivity contribution in [3.63, 3.8) is 0 Å². The standard InChI is InChI=1S/C23H29ClN4O3S2/c1-33(30,31)14-12-21(27-23(32)26-19-5-3-2-4-6-19)22(29)25-20-11-13-28(16-20)15-17-7-9-18(24)10-8-17/h2-10,20-21H,11-16H2,1H3,(H,25,29)(H2,26,27,32)/t20-,21+/m1/s1. The van der Waals surface area contributed by atoms with Crippen LogP contribution >= 0.6 is 23.8 Å². The third kappa shape index (κ3) is 8.92. The van der Waals surface area contributed by atoms with Crippen molar-refractivity contribution in [1.29, 1.82) is 0 Å². The molecule has 0 bridgehead atoms. The van der Waals surface area contributed by atoms with Gasteiger partial charge in [0, 0.05) is 42.6 Å². The predicted molar refractivity (Wildman–Crippen MR) is 137 cm³/mol. The third-order valence-corrected chi connectivity index (χ3v) is 6.82. The molecule has 0 unspecified atom stereocenters. The molecule has 2 aromatic carbocycles. The van der Waals surface area contributed by atoms with E-state index >= 15 is 0 Å². The predicted octanol–water partition coefficient (Wildman–Crippen LogP) is 2.82. The van der Waals surface area contributed by atoms with Gasteiger partial charge in [0.15, 0.2) is 5.11 Å². The van der Waals surface area contributed by atoms with E-state index in [1.165, 1.54) is 0 Å². The summed E-state index contributed by atoms with van der Waals surface area (Å²) >= 11 is 11.3. The van der Waals surface area contributed by atoms with Gasteiger partial charge in [0.2, 0.25) is 5.91 Å². The summed E-state index contributed by atoms with van der Waals surface area (Å²) in [4.78, 5) is 15.3. The van der Waals surface area contributed by atoms with Gasteiger partial charge in [-0.1, -0.05) is 41.9 Å². The number of nitrogens with zero attached hydrogens (tertiary/aromatic N) is 1. The van der Waals surface area contributed by atoms with Gasteiger partial charge in [0.25, 0.3) is 0 Å². The van der Waals surface area contributed by atoms with Crippen molar-refractivity contribution in [2.24, 2.45) is 0 Å². The van der Waals surface area contributed by atoms with Crippen molar-refractivity contribution in [1.82, 2.24) is 15.5 Å². The maximum absolute atomic E-state index is 13.0. The smallest absolute Gasteiger partial charge is 0.242 e. The third-order valence-electron chi connectivity index (χ3n) is 5.37. The van der Waals surface area contributed by atoms with E-state index in [1.807, 2.05) is 54.6 Å². The lowest BCUT2D eigenvalue weighted by Gasteiger charge is -2.23. The van der Waals surface area contributed by atoms with Gasteiger partial charge in [0.1, 0.15) is 15.9 Å². The number of hydrogen-bond donors (Lipinski definition) is 3. The van der Waals surface area contributed by atoms with Gasteiger partial charge in [-0.05, 0) is 54.9 Å². The molecule has 3 rings (SSSR count). The molecule has 1 aliphatic rings. The molecule has 0 spiro atoms. The van der Waals surface area contributed by atoms with E-state index < -0.39 is 15.9 Å². The van der Waals surface area contributed by atoms with Crippen LogP contribution in [0.25, 0.3) is 0 Å². The zero-order valence-electron chi connectivity index (χ0n) is 18.5. The molecule has 1 saturated heterocycles. The molecule has 2 aromatic rings. The highest BCUT2D eigenvalue weighted by atomic mass is 35.5. The van der Waals surface area contributed by atoms with Gasteiger partial charge in [-0.25, -0.2) is 8.42 Å². The molecule has 3 N–H and O–H groups in total. The molecule has 1 aliphatic heterocycles. The van der Waals surface area contributed by atoms with Gasteiger partial charge in [-0.3, -0.25) is 9.69 Å². The molecule has 33 heavy (non-hydrogen) atoms. The van der Waals surface area contributed by atoms with E-state index in [4.69, 9.17) is 23.8 Å². The number of rotatable bonds is 9. The number of hydrogen-bond acceptors (Lipinski definition) is 5. The normalized spacial score (nSPS) is 17.3. The number of carbonyl (C=O) groups excluding carboxylic acids is 1. The number of thiocarbonyl (C=S) groups is 1. The first-order valence-electron chi connectivity index (χ1n) is 10.8. The molecule has 10 heteroatoms. The summed E-state index contributed by atoms with van der Waals surface area (Å²) in [6, 6.07) is 16.3. The van der Waals surface area contributed by atoms with Crippen molar-refractivity contribution < 1.29 is 13.2 Å². The van der Waals surface area contributed by atoms with Crippen LogP contribution in [0.2, 0.25) is 5.02 Å². The summed E-state index contributed by atoms with van der Waals surface area (Å²) in [6.07, 6.45) is 2.11. The van der Waals surface area contributed by atoms with Crippen molar-refractivity contribution in [3.8, 4) is 0 Å². The van der Waals surface area contributed by atoms with E-state index in [0.29, 0.717) is 5.02 Å². The van der Waals surface area contributed by atoms with Crippen LogP contribution < -0.4 is 16.0 Å². The molecular weight excluding hydrogens is 480 g/mol. The summed E-state index contributed by atoms with van der Waals surface area (Å²) in [5.41, 5.74) is 1.95. The summed E-state index contributed by atoms with van der Waals surface area (Å²) in [6.45, 7) is 2.37. The summed E-state index contributed by atoms with van der Waals surface area (Å²) in [7, 11) is -3.22. The van der Waals surface area contributed by atoms with E-state index in [2.05, 4.69) is 20.9 Å². The molecule has 7 nitrogen and oxygen atoms in total. The average Bonchev–Trinajstić information content (AvgIpc) is 3.19. The van der Waals surface area contributed by atoms with Crippen molar-refractivity contribution in [2.75, 3.05) is 30.4 Å². The molecule has 0 aromatic heterocycles. The fourth-order valence-corrected chi connectivity index (χ4v) is 4.74. The number of para-hydroxylation sites is 1. The number of nitrogens with one attached hydrogen (secondary N) is 3. The lowest BCUT2D eigenvalue weighted by Crippen LogP contribution is -2.51. The number of likely N-dealkylation sites (tertiary alicyclic amines) is 1. The van der Waals surface area contributed by atoms with Crippen LogP contribution in [0.4, 0.5) is 5.69 Å². The average molecular weight is 509 g/mol. The van der Waals surface area contributed by atoms with E-state index in [9.17, 15) is 13.2 Å². The molecule has 1 amide bonds. The number of halogens is 1. The van der Waals surface area contributed by atoms with Gasteiger partial charge < -0.3 is 16.0 Å². The number of amides is 1. The highest BCUT2D eigenvalue weighted by Crippen LogP contribution is 2.16. The van der Waals surface area contributed by atoms with Gasteiger partial charge in [-0.2, -0.15) is 0 Å². The number of anilines is 1. The van der Waals surface area contributed by atoms with Crippen LogP contribution in [0.5, 0.6) is 0 Å². The van der Waals surface area contributed by atoms with E-state index in [0.717, 1.165) is 43.6 Å². The number of carbonyl (C=O) groups is 1. The minimum atomic E-state index is -3.22. The van der Waals surface area contributed by atoms with Crippen LogP contribution in [0.15, 0.2) is 54.6 Å². The second-order valence-electron chi connectivity index (χ2n) is 8.29. The minimum absolute atomic E-state index is 0.0111. The Morgan fingerprint density at radius 1 is 1.18 bits per heavy atom. The zero-order valence-corrected chi connectivity index (χ0v) is 20.8. The Morgan fingerprint density at radius 2 is 1.88 bits per heavy atom. The Balaban J connectivity index is 1.56. The van der Waals surface area contributed by atoms with Crippen LogP contribution in [0, 0.1) is 0 Å². The fraction of sp³-hybridized carbons (Fsp3) is 0.391. The highest BCUT2D eigenvalue weighted by molar-refractivity contribution is 7.90. The summed E-state index contributed by atoms with van der Waals surface area (Å²) in [5.74, 6) is -0.367. The van der Waals surface area contributed by atoms with Gasteiger partial charge in [0.05, 0.1) is 5.75 Å². The van der Waals surface area contributed by atoms with E-state index in [-0.39, 0.29) is 29.2 Å². The lowest BCUT2D eigenvalue weighted by atomic mass is 10.2. The highest BCUT2D eigenvalue weighted by Gasteiger charge is 2.28. The van der Waals surface area contributed by atoms with E-state index in [1.54, 1.807) is 0 Å². The Kier molecular flexibility index (Phi) is 9.08.